The molecule has 20 heavy (non-hydrogen) atoms. The number of hydrogen-bond acceptors (Lipinski definition) is 4. The average Bonchev–Trinajstić information content (AvgIpc) is 2.42. The number of nitro benzene ring substituents is 1. The van der Waals surface area contributed by atoms with Crippen molar-refractivity contribution < 1.29 is 14.5 Å². The predicted octanol–water partition coefficient (Wildman–Crippen LogP) is 2.79. The van der Waals surface area contributed by atoms with Gasteiger partial charge < -0.3 is 10.1 Å². The highest BCUT2D eigenvalue weighted by Gasteiger charge is 2.15. The summed E-state index contributed by atoms with van der Waals surface area (Å²) in [5.74, 6) is -0.361. The minimum Gasteiger partial charge on any atom is -0.381 e. The number of carbonyl (C=O) groups is 1. The Morgan fingerprint density at radius 2 is 2.20 bits per heavy atom. The number of amides is 1. The minimum atomic E-state index is -0.613. The van der Waals surface area contributed by atoms with Crippen LogP contribution in [-0.4, -0.2) is 30.6 Å². The summed E-state index contributed by atoms with van der Waals surface area (Å²) in [4.78, 5) is 21.9. The van der Waals surface area contributed by atoms with Gasteiger partial charge in [0.05, 0.1) is 4.92 Å². The van der Waals surface area contributed by atoms with Gasteiger partial charge in [-0.2, -0.15) is 0 Å². The number of carbonyl (C=O) groups excluding carboxylic acids is 1. The Morgan fingerprint density at radius 3 is 2.85 bits per heavy atom. The molecule has 0 fully saturated rings. The van der Waals surface area contributed by atoms with Gasteiger partial charge in [0, 0.05) is 31.4 Å². The quantitative estimate of drug-likeness (QED) is 0.455. The largest absolute Gasteiger partial charge is 0.381 e. The molecule has 0 aliphatic heterocycles. The van der Waals surface area contributed by atoms with Crippen LogP contribution in [0.1, 0.15) is 30.1 Å². The lowest BCUT2D eigenvalue weighted by molar-refractivity contribution is -0.384. The molecule has 0 bridgehead atoms. The van der Waals surface area contributed by atoms with Crippen molar-refractivity contribution in [2.24, 2.45) is 0 Å². The first-order valence-corrected chi connectivity index (χ1v) is 6.74. The van der Waals surface area contributed by atoms with Gasteiger partial charge in [-0.25, -0.2) is 0 Å². The van der Waals surface area contributed by atoms with Crippen LogP contribution < -0.4 is 5.32 Å². The molecule has 1 aromatic rings. The van der Waals surface area contributed by atoms with E-state index in [1.807, 2.05) is 6.92 Å². The van der Waals surface area contributed by atoms with Crippen molar-refractivity contribution in [2.75, 3.05) is 19.8 Å². The van der Waals surface area contributed by atoms with Gasteiger partial charge in [-0.3, -0.25) is 14.9 Å². The zero-order valence-corrected chi connectivity index (χ0v) is 12.0. The molecular formula is C13H17ClN2O4. The number of rotatable bonds is 8. The summed E-state index contributed by atoms with van der Waals surface area (Å²) in [7, 11) is 0. The lowest BCUT2D eigenvalue weighted by Gasteiger charge is -2.06. The number of benzene rings is 1. The average molecular weight is 301 g/mol. The number of halogens is 1. The summed E-state index contributed by atoms with van der Waals surface area (Å²) >= 11 is 5.68. The van der Waals surface area contributed by atoms with Crippen LogP contribution >= 0.6 is 11.6 Å². The van der Waals surface area contributed by atoms with Crippen LogP contribution in [0.2, 0.25) is 5.02 Å². The van der Waals surface area contributed by atoms with Crippen molar-refractivity contribution >= 4 is 23.2 Å². The zero-order chi connectivity index (χ0) is 15.0. The van der Waals surface area contributed by atoms with Gasteiger partial charge in [-0.1, -0.05) is 18.5 Å². The summed E-state index contributed by atoms with van der Waals surface area (Å²) in [5, 5.41) is 13.4. The molecule has 0 aliphatic carbocycles. The molecule has 1 amide bonds. The molecule has 1 aromatic carbocycles. The van der Waals surface area contributed by atoms with Crippen molar-refractivity contribution in [3.8, 4) is 0 Å². The molecule has 0 saturated heterocycles. The van der Waals surface area contributed by atoms with E-state index in [1.165, 1.54) is 18.2 Å². The molecule has 110 valence electrons. The molecule has 0 heterocycles. The molecule has 0 radical (unpaired) electrons. The highest BCUT2D eigenvalue weighted by molar-refractivity contribution is 6.32. The first-order chi connectivity index (χ1) is 9.56. The van der Waals surface area contributed by atoms with E-state index >= 15 is 0 Å². The maximum Gasteiger partial charge on any atom is 0.288 e. The monoisotopic (exact) mass is 300 g/mol. The molecule has 0 unspecified atom stereocenters. The van der Waals surface area contributed by atoms with Crippen LogP contribution in [0.4, 0.5) is 5.69 Å². The Labute approximate surface area is 122 Å². The molecule has 7 heteroatoms. The van der Waals surface area contributed by atoms with Crippen molar-refractivity contribution in [3.63, 3.8) is 0 Å². The third kappa shape index (κ3) is 5.14. The van der Waals surface area contributed by atoms with E-state index in [4.69, 9.17) is 16.3 Å². The minimum absolute atomic E-state index is 0.0134. The van der Waals surface area contributed by atoms with Crippen LogP contribution in [0.5, 0.6) is 0 Å². The van der Waals surface area contributed by atoms with Crippen molar-refractivity contribution in [1.82, 2.24) is 5.32 Å². The molecule has 0 spiro atoms. The van der Waals surface area contributed by atoms with Gasteiger partial charge >= 0.3 is 0 Å². The Bertz CT molecular complexity index is 479. The van der Waals surface area contributed by atoms with Gasteiger partial charge in [0.15, 0.2) is 0 Å². The molecule has 6 nitrogen and oxygen atoms in total. The molecule has 0 atom stereocenters. The smallest absolute Gasteiger partial charge is 0.288 e. The Morgan fingerprint density at radius 1 is 1.45 bits per heavy atom. The second-order valence-electron chi connectivity index (χ2n) is 4.15. The Balaban J connectivity index is 2.47. The highest BCUT2D eigenvalue weighted by atomic mass is 35.5. The maximum atomic E-state index is 11.8. The van der Waals surface area contributed by atoms with Gasteiger partial charge in [0.2, 0.25) is 0 Å². The van der Waals surface area contributed by atoms with Crippen LogP contribution in [-0.2, 0) is 4.74 Å². The summed E-state index contributed by atoms with van der Waals surface area (Å²) in [6.07, 6.45) is 1.65. The maximum absolute atomic E-state index is 11.8. The molecule has 1 rings (SSSR count). The third-order valence-corrected chi connectivity index (χ3v) is 2.82. The lowest BCUT2D eigenvalue weighted by Crippen LogP contribution is -2.25. The van der Waals surface area contributed by atoms with Crippen LogP contribution in [0.3, 0.4) is 0 Å². The van der Waals surface area contributed by atoms with E-state index in [9.17, 15) is 14.9 Å². The van der Waals surface area contributed by atoms with Crippen LogP contribution in [0.15, 0.2) is 18.2 Å². The number of ether oxygens (including phenoxy) is 1. The van der Waals surface area contributed by atoms with Crippen LogP contribution in [0, 0.1) is 10.1 Å². The van der Waals surface area contributed by atoms with E-state index in [-0.39, 0.29) is 22.2 Å². The Hall–Kier alpha value is -1.66. The number of hydrogen-bond donors (Lipinski definition) is 1. The van der Waals surface area contributed by atoms with Gasteiger partial charge in [0.1, 0.15) is 5.02 Å². The fraction of sp³-hybridized carbons (Fsp3) is 0.462. The zero-order valence-electron chi connectivity index (χ0n) is 11.2. The van der Waals surface area contributed by atoms with E-state index in [2.05, 4.69) is 5.32 Å². The molecule has 1 N–H and O–H groups in total. The number of nitrogens with one attached hydrogen (secondary N) is 1. The van der Waals surface area contributed by atoms with E-state index in [1.54, 1.807) is 0 Å². The van der Waals surface area contributed by atoms with Gasteiger partial charge in [-0.15, -0.1) is 0 Å². The van der Waals surface area contributed by atoms with E-state index in [0.717, 1.165) is 6.42 Å². The second-order valence-corrected chi connectivity index (χ2v) is 4.55. The Kier molecular flexibility index (Phi) is 6.97. The third-order valence-electron chi connectivity index (χ3n) is 2.50. The van der Waals surface area contributed by atoms with Gasteiger partial charge in [-0.05, 0) is 25.0 Å². The van der Waals surface area contributed by atoms with E-state index < -0.39 is 4.92 Å². The molecule has 0 saturated carbocycles. The molecule has 0 aliphatic rings. The fourth-order valence-electron chi connectivity index (χ4n) is 1.52. The number of nitro groups is 1. The topological polar surface area (TPSA) is 81.5 Å². The summed E-state index contributed by atoms with van der Waals surface area (Å²) < 4.78 is 5.28. The SMILES string of the molecule is CCCOCCCNC(=O)c1ccc(Cl)c([N+](=O)[O-])c1. The molecule has 0 aromatic heterocycles. The fourth-order valence-corrected chi connectivity index (χ4v) is 1.70. The summed E-state index contributed by atoms with van der Waals surface area (Å²) in [6.45, 7) is 3.76. The summed E-state index contributed by atoms with van der Waals surface area (Å²) in [5.41, 5.74) is -0.0545. The number of nitrogens with zero attached hydrogens (tertiary/aromatic N) is 1. The highest BCUT2D eigenvalue weighted by Crippen LogP contribution is 2.24. The first kappa shape index (κ1) is 16.4. The molecular weight excluding hydrogens is 284 g/mol. The second kappa shape index (κ2) is 8.50. The lowest BCUT2D eigenvalue weighted by atomic mass is 10.2. The van der Waals surface area contributed by atoms with E-state index in [0.29, 0.717) is 26.2 Å². The van der Waals surface area contributed by atoms with Crippen molar-refractivity contribution in [3.05, 3.63) is 38.9 Å². The van der Waals surface area contributed by atoms with Crippen LogP contribution in [0.25, 0.3) is 0 Å². The normalized spacial score (nSPS) is 10.3. The standard InChI is InChI=1S/C13H17ClN2O4/c1-2-7-20-8-3-6-15-13(17)10-4-5-11(14)12(9-10)16(18)19/h4-5,9H,2-3,6-8H2,1H3,(H,15,17). The predicted molar refractivity (Wildman–Crippen MR) is 76.2 cm³/mol. The summed E-state index contributed by atoms with van der Waals surface area (Å²) in [6, 6.07) is 3.97. The van der Waals surface area contributed by atoms with Crippen molar-refractivity contribution in [2.45, 2.75) is 19.8 Å². The first-order valence-electron chi connectivity index (χ1n) is 6.36. The van der Waals surface area contributed by atoms with Crippen molar-refractivity contribution in [1.29, 1.82) is 0 Å². The van der Waals surface area contributed by atoms with Gasteiger partial charge in [0.25, 0.3) is 11.6 Å².